The van der Waals surface area contributed by atoms with Gasteiger partial charge in [-0.2, -0.15) is 0 Å². The summed E-state index contributed by atoms with van der Waals surface area (Å²) in [6, 6.07) is 10.1. The molecule has 14 heavy (non-hydrogen) atoms. The van der Waals surface area contributed by atoms with E-state index >= 15 is 0 Å². The number of fused-ring (bicyclic) bond motifs is 1. The summed E-state index contributed by atoms with van der Waals surface area (Å²) in [5.41, 5.74) is 0.994. The van der Waals surface area contributed by atoms with Gasteiger partial charge in [-0.25, -0.2) is 0 Å². The van der Waals surface area contributed by atoms with Crippen LogP contribution in [0.25, 0.3) is 10.8 Å². The second-order valence-electron chi connectivity index (χ2n) is 3.07. The summed E-state index contributed by atoms with van der Waals surface area (Å²) in [4.78, 5) is 4.28. The van der Waals surface area contributed by atoms with E-state index in [4.69, 9.17) is 5.11 Å². The van der Waals surface area contributed by atoms with Gasteiger partial charge in [0.25, 0.3) is 0 Å². The predicted octanol–water partition coefficient (Wildman–Crippen LogP) is 2.85. The zero-order chi connectivity index (χ0) is 9.80. The summed E-state index contributed by atoms with van der Waals surface area (Å²) < 4.78 is 0. The van der Waals surface area contributed by atoms with Gasteiger partial charge in [-0.1, -0.05) is 24.3 Å². The SMILES string of the molecule is OC=CCc1nccc2ccccc12. The summed E-state index contributed by atoms with van der Waals surface area (Å²) in [5, 5.41) is 10.9. The lowest BCUT2D eigenvalue weighted by Gasteiger charge is -2.01. The largest absolute Gasteiger partial charge is 0.516 e. The van der Waals surface area contributed by atoms with Gasteiger partial charge in [-0.3, -0.25) is 4.98 Å². The fourth-order valence-electron chi connectivity index (χ4n) is 1.51. The Morgan fingerprint density at radius 1 is 1.21 bits per heavy atom. The molecule has 0 aliphatic heterocycles. The Kier molecular flexibility index (Phi) is 2.45. The maximum Gasteiger partial charge on any atom is 0.0755 e. The van der Waals surface area contributed by atoms with Gasteiger partial charge < -0.3 is 5.11 Å². The second kappa shape index (κ2) is 3.92. The summed E-state index contributed by atoms with van der Waals surface area (Å²) in [7, 11) is 0. The minimum absolute atomic E-state index is 0.665. The molecule has 0 bridgehead atoms. The monoisotopic (exact) mass is 185 g/mol. The highest BCUT2D eigenvalue weighted by Crippen LogP contribution is 2.16. The third-order valence-electron chi connectivity index (χ3n) is 2.17. The molecule has 1 N–H and O–H groups in total. The number of allylic oxidation sites excluding steroid dienone is 1. The topological polar surface area (TPSA) is 33.1 Å². The fraction of sp³-hybridized carbons (Fsp3) is 0.0833. The van der Waals surface area contributed by atoms with Crippen LogP contribution in [-0.4, -0.2) is 10.1 Å². The minimum Gasteiger partial charge on any atom is -0.516 e. The molecule has 2 heteroatoms. The number of hydrogen-bond donors (Lipinski definition) is 1. The van der Waals surface area contributed by atoms with E-state index in [2.05, 4.69) is 11.1 Å². The van der Waals surface area contributed by atoms with Crippen molar-refractivity contribution in [2.75, 3.05) is 0 Å². The number of hydrogen-bond acceptors (Lipinski definition) is 2. The normalized spacial score (nSPS) is 11.1. The van der Waals surface area contributed by atoms with Gasteiger partial charge in [0.1, 0.15) is 0 Å². The molecule has 0 unspecified atom stereocenters. The zero-order valence-corrected chi connectivity index (χ0v) is 7.72. The van der Waals surface area contributed by atoms with Gasteiger partial charge in [0.05, 0.1) is 12.0 Å². The molecule has 0 saturated heterocycles. The van der Waals surface area contributed by atoms with Crippen LogP contribution in [0.1, 0.15) is 5.69 Å². The van der Waals surface area contributed by atoms with E-state index in [-0.39, 0.29) is 0 Å². The average molecular weight is 185 g/mol. The molecule has 2 rings (SSSR count). The number of rotatable bonds is 2. The maximum absolute atomic E-state index is 8.59. The van der Waals surface area contributed by atoms with Crippen molar-refractivity contribution in [1.29, 1.82) is 0 Å². The predicted molar refractivity (Wildman–Crippen MR) is 57.2 cm³/mol. The molecule has 1 aromatic heterocycles. The lowest BCUT2D eigenvalue weighted by molar-refractivity contribution is 0.471. The molecular weight excluding hydrogens is 174 g/mol. The van der Waals surface area contributed by atoms with Crippen LogP contribution < -0.4 is 0 Å². The van der Waals surface area contributed by atoms with E-state index in [0.717, 1.165) is 17.3 Å². The maximum atomic E-state index is 8.59. The highest BCUT2D eigenvalue weighted by Gasteiger charge is 1.98. The molecule has 0 amide bonds. The van der Waals surface area contributed by atoms with Crippen LogP contribution in [0.4, 0.5) is 0 Å². The van der Waals surface area contributed by atoms with Crippen LogP contribution in [0.2, 0.25) is 0 Å². The van der Waals surface area contributed by atoms with Crippen LogP contribution in [0, 0.1) is 0 Å². The summed E-state index contributed by atoms with van der Waals surface area (Å²) in [5.74, 6) is 0. The Morgan fingerprint density at radius 2 is 2.07 bits per heavy atom. The number of aliphatic hydroxyl groups excluding tert-OH is 1. The smallest absolute Gasteiger partial charge is 0.0755 e. The molecule has 0 radical (unpaired) electrons. The molecule has 0 saturated carbocycles. The van der Waals surface area contributed by atoms with E-state index in [0.29, 0.717) is 6.42 Å². The molecule has 0 atom stereocenters. The third kappa shape index (κ3) is 1.59. The molecule has 0 aliphatic rings. The molecular formula is C12H11NO. The van der Waals surface area contributed by atoms with Crippen molar-refractivity contribution in [2.45, 2.75) is 6.42 Å². The van der Waals surface area contributed by atoms with Crippen LogP contribution in [0.3, 0.4) is 0 Å². The van der Waals surface area contributed by atoms with E-state index in [1.165, 1.54) is 5.39 Å². The number of benzene rings is 1. The van der Waals surface area contributed by atoms with Gasteiger partial charge in [0.2, 0.25) is 0 Å². The Balaban J connectivity index is 2.53. The molecule has 1 heterocycles. The molecule has 2 aromatic rings. The molecule has 0 spiro atoms. The lowest BCUT2D eigenvalue weighted by Crippen LogP contribution is -1.88. The first-order chi connectivity index (χ1) is 6.92. The average Bonchev–Trinajstić information content (AvgIpc) is 2.26. The lowest BCUT2D eigenvalue weighted by atomic mass is 10.1. The Labute approximate surface area is 82.5 Å². The van der Waals surface area contributed by atoms with E-state index < -0.39 is 0 Å². The third-order valence-corrected chi connectivity index (χ3v) is 2.17. The molecule has 0 fully saturated rings. The first kappa shape index (κ1) is 8.75. The Bertz CT molecular complexity index is 457. The highest BCUT2D eigenvalue weighted by molar-refractivity contribution is 5.84. The van der Waals surface area contributed by atoms with E-state index in [9.17, 15) is 0 Å². The van der Waals surface area contributed by atoms with Crippen molar-refractivity contribution in [2.24, 2.45) is 0 Å². The first-order valence-corrected chi connectivity index (χ1v) is 4.53. The quantitative estimate of drug-likeness (QED) is 0.730. The van der Waals surface area contributed by atoms with Crippen LogP contribution in [0.15, 0.2) is 48.9 Å². The van der Waals surface area contributed by atoms with Gasteiger partial charge in [-0.15, -0.1) is 0 Å². The van der Waals surface area contributed by atoms with Crippen LogP contribution in [0.5, 0.6) is 0 Å². The van der Waals surface area contributed by atoms with Crippen molar-refractivity contribution < 1.29 is 5.11 Å². The standard InChI is InChI=1S/C12H11NO/c14-9-3-6-12-11-5-2-1-4-10(11)7-8-13-12/h1-5,7-9,14H,6H2. The van der Waals surface area contributed by atoms with Gasteiger partial charge >= 0.3 is 0 Å². The zero-order valence-electron chi connectivity index (χ0n) is 7.72. The molecule has 70 valence electrons. The van der Waals surface area contributed by atoms with Crippen molar-refractivity contribution in [3.63, 3.8) is 0 Å². The van der Waals surface area contributed by atoms with Crippen molar-refractivity contribution in [1.82, 2.24) is 4.98 Å². The fourth-order valence-corrected chi connectivity index (χ4v) is 1.51. The first-order valence-electron chi connectivity index (χ1n) is 4.53. The number of aliphatic hydroxyl groups is 1. The second-order valence-corrected chi connectivity index (χ2v) is 3.07. The summed E-state index contributed by atoms with van der Waals surface area (Å²) in [6.07, 6.45) is 5.21. The van der Waals surface area contributed by atoms with Crippen molar-refractivity contribution >= 4 is 10.8 Å². The number of pyridine rings is 1. The van der Waals surface area contributed by atoms with Crippen molar-refractivity contribution in [3.05, 3.63) is 54.6 Å². The van der Waals surface area contributed by atoms with Gasteiger partial charge in [0.15, 0.2) is 0 Å². The molecule has 2 nitrogen and oxygen atoms in total. The van der Waals surface area contributed by atoms with E-state index in [1.807, 2.05) is 24.3 Å². The van der Waals surface area contributed by atoms with Gasteiger partial charge in [-0.05, 0) is 17.5 Å². The van der Waals surface area contributed by atoms with Crippen molar-refractivity contribution in [3.8, 4) is 0 Å². The molecule has 1 aromatic carbocycles. The number of aromatic nitrogens is 1. The van der Waals surface area contributed by atoms with Crippen LogP contribution in [-0.2, 0) is 6.42 Å². The summed E-state index contributed by atoms with van der Waals surface area (Å²) in [6.45, 7) is 0. The summed E-state index contributed by atoms with van der Waals surface area (Å²) >= 11 is 0. The highest BCUT2D eigenvalue weighted by atomic mass is 16.2. The Morgan fingerprint density at radius 3 is 2.93 bits per heavy atom. The van der Waals surface area contributed by atoms with E-state index in [1.54, 1.807) is 12.3 Å². The van der Waals surface area contributed by atoms with Crippen LogP contribution >= 0.6 is 0 Å². The van der Waals surface area contributed by atoms with Gasteiger partial charge in [0, 0.05) is 18.0 Å². The Hall–Kier alpha value is -1.83. The minimum atomic E-state index is 0.665. The molecule has 0 aliphatic carbocycles. The number of nitrogens with zero attached hydrogens (tertiary/aromatic N) is 1.